The molecule has 4 rings (SSSR count). The zero-order valence-corrected chi connectivity index (χ0v) is 19.5. The van der Waals surface area contributed by atoms with Crippen LogP contribution >= 0.6 is 11.3 Å². The van der Waals surface area contributed by atoms with E-state index in [1.807, 2.05) is 13.0 Å². The lowest BCUT2D eigenvalue weighted by atomic mass is 10.1. The van der Waals surface area contributed by atoms with Gasteiger partial charge in [0.1, 0.15) is 22.1 Å². The number of likely N-dealkylation sites (N-methyl/N-ethyl adjacent to an activating group) is 1. The van der Waals surface area contributed by atoms with Crippen LogP contribution in [0.5, 0.6) is 17.2 Å². The number of fused-ring (bicyclic) bond motifs is 1. The lowest BCUT2D eigenvalue weighted by Crippen LogP contribution is -2.35. The number of carbonyl (C=O) groups is 1. The van der Waals surface area contributed by atoms with E-state index in [1.54, 1.807) is 25.2 Å². The largest absolute Gasteiger partial charge is 0.497 e. The summed E-state index contributed by atoms with van der Waals surface area (Å²) in [6.45, 7) is 1.85. The molecule has 0 fully saturated rings. The molecule has 2 aromatic carbocycles. The van der Waals surface area contributed by atoms with Gasteiger partial charge in [0.15, 0.2) is 11.7 Å². The molecular formula is C21H21N3O6S2. The lowest BCUT2D eigenvalue weighted by molar-refractivity contribution is -0.120. The minimum Gasteiger partial charge on any atom is -0.497 e. The lowest BCUT2D eigenvalue weighted by Gasteiger charge is -2.26. The molecule has 1 aliphatic heterocycles. The van der Waals surface area contributed by atoms with Crippen molar-refractivity contribution in [2.45, 2.75) is 11.8 Å². The Kier molecular flexibility index (Phi) is 5.70. The Labute approximate surface area is 189 Å². The van der Waals surface area contributed by atoms with Crippen LogP contribution in [0.25, 0.3) is 11.3 Å². The minimum absolute atomic E-state index is 0.000669. The number of sulfonamides is 1. The molecule has 1 aromatic heterocycles. The van der Waals surface area contributed by atoms with E-state index in [4.69, 9.17) is 14.2 Å². The Morgan fingerprint density at radius 3 is 2.66 bits per heavy atom. The highest BCUT2D eigenvalue weighted by Gasteiger charge is 2.25. The van der Waals surface area contributed by atoms with E-state index in [1.165, 1.54) is 42.6 Å². The topological polar surface area (TPSA) is 107 Å². The van der Waals surface area contributed by atoms with Crippen molar-refractivity contribution in [3.8, 4) is 28.5 Å². The Hall–Kier alpha value is -3.31. The van der Waals surface area contributed by atoms with Gasteiger partial charge in [-0.15, -0.1) is 11.3 Å². The fraction of sp³-hybridized carbons (Fsp3) is 0.238. The highest BCUT2D eigenvalue weighted by Crippen LogP contribution is 2.38. The zero-order chi connectivity index (χ0) is 23.0. The van der Waals surface area contributed by atoms with Crippen LogP contribution in [-0.2, 0) is 14.8 Å². The van der Waals surface area contributed by atoms with Crippen LogP contribution in [0.4, 0.5) is 10.8 Å². The molecule has 3 aromatic rings. The standard InChI is InChI=1S/C21H21N3O6S2/c1-12-20(13-5-7-16-15(9-13)24(2)19(25)11-30-16)22-21(31-12)23-32(26,27)18-8-6-14(28-3)10-17(18)29-4/h5-10H,11H2,1-4H3,(H,22,23). The van der Waals surface area contributed by atoms with Crippen LogP contribution in [0, 0.1) is 6.92 Å². The first-order valence-electron chi connectivity index (χ1n) is 9.49. The number of thiazole rings is 1. The molecule has 2 heterocycles. The average molecular weight is 476 g/mol. The number of hydrogen-bond donors (Lipinski definition) is 1. The normalized spacial score (nSPS) is 13.4. The summed E-state index contributed by atoms with van der Waals surface area (Å²) < 4.78 is 44.3. The molecule has 0 saturated heterocycles. The maximum Gasteiger partial charge on any atom is 0.267 e. The summed E-state index contributed by atoms with van der Waals surface area (Å²) in [5.41, 5.74) is 2.00. The third-order valence-corrected chi connectivity index (χ3v) is 7.39. The van der Waals surface area contributed by atoms with Gasteiger partial charge < -0.3 is 19.1 Å². The van der Waals surface area contributed by atoms with Crippen molar-refractivity contribution in [2.75, 3.05) is 37.5 Å². The van der Waals surface area contributed by atoms with E-state index in [-0.39, 0.29) is 28.3 Å². The van der Waals surface area contributed by atoms with Crippen LogP contribution in [0.1, 0.15) is 4.88 Å². The quantitative estimate of drug-likeness (QED) is 0.583. The highest BCUT2D eigenvalue weighted by atomic mass is 32.2. The van der Waals surface area contributed by atoms with Crippen LogP contribution < -0.4 is 23.8 Å². The Balaban J connectivity index is 1.66. The zero-order valence-electron chi connectivity index (χ0n) is 17.8. The number of carbonyl (C=O) groups excluding carboxylic acids is 1. The first-order chi connectivity index (χ1) is 15.2. The van der Waals surface area contributed by atoms with E-state index in [0.29, 0.717) is 22.9 Å². The molecule has 0 bridgehead atoms. The summed E-state index contributed by atoms with van der Waals surface area (Å²) in [7, 11) is 0.609. The summed E-state index contributed by atoms with van der Waals surface area (Å²) in [6.07, 6.45) is 0. The smallest absolute Gasteiger partial charge is 0.267 e. The molecule has 0 unspecified atom stereocenters. The van der Waals surface area contributed by atoms with E-state index in [0.717, 1.165) is 10.4 Å². The molecule has 11 heteroatoms. The Morgan fingerprint density at radius 2 is 1.94 bits per heavy atom. The van der Waals surface area contributed by atoms with Crippen LogP contribution in [0.3, 0.4) is 0 Å². The maximum absolute atomic E-state index is 13.0. The van der Waals surface area contributed by atoms with Crippen molar-refractivity contribution in [3.05, 3.63) is 41.3 Å². The molecule has 0 saturated carbocycles. The molecular weight excluding hydrogens is 454 g/mol. The Bertz CT molecular complexity index is 1300. The molecule has 1 N–H and O–H groups in total. The summed E-state index contributed by atoms with van der Waals surface area (Å²) in [4.78, 5) is 18.8. The number of anilines is 2. The number of methoxy groups -OCH3 is 2. The van der Waals surface area contributed by atoms with Gasteiger partial charge in [0.2, 0.25) is 0 Å². The molecule has 0 spiro atoms. The number of nitrogens with zero attached hydrogens (tertiary/aromatic N) is 2. The predicted octanol–water partition coefficient (Wildman–Crippen LogP) is 3.29. The summed E-state index contributed by atoms with van der Waals surface area (Å²) in [5.74, 6) is 1.10. The van der Waals surface area contributed by atoms with Crippen molar-refractivity contribution < 1.29 is 27.4 Å². The molecule has 0 aliphatic carbocycles. The number of hydrogen-bond acceptors (Lipinski definition) is 8. The fourth-order valence-electron chi connectivity index (χ4n) is 3.29. The van der Waals surface area contributed by atoms with E-state index < -0.39 is 10.0 Å². The second-order valence-corrected chi connectivity index (χ2v) is 9.82. The molecule has 0 radical (unpaired) electrons. The van der Waals surface area contributed by atoms with Gasteiger partial charge in [-0.05, 0) is 37.3 Å². The maximum atomic E-state index is 13.0. The second kappa shape index (κ2) is 8.32. The third kappa shape index (κ3) is 3.96. The minimum atomic E-state index is -3.95. The van der Waals surface area contributed by atoms with Crippen LogP contribution in [-0.4, -0.2) is 47.2 Å². The van der Waals surface area contributed by atoms with Crippen molar-refractivity contribution in [3.63, 3.8) is 0 Å². The van der Waals surface area contributed by atoms with Gasteiger partial charge in [0.25, 0.3) is 15.9 Å². The van der Waals surface area contributed by atoms with Gasteiger partial charge in [-0.3, -0.25) is 9.52 Å². The highest BCUT2D eigenvalue weighted by molar-refractivity contribution is 7.93. The van der Waals surface area contributed by atoms with Gasteiger partial charge in [0.05, 0.1) is 25.6 Å². The van der Waals surface area contributed by atoms with Crippen LogP contribution in [0.2, 0.25) is 0 Å². The van der Waals surface area contributed by atoms with Crippen molar-refractivity contribution >= 4 is 38.1 Å². The number of ether oxygens (including phenoxy) is 3. The number of rotatable bonds is 6. The number of nitrogens with one attached hydrogen (secondary N) is 1. The van der Waals surface area contributed by atoms with Gasteiger partial charge in [-0.25, -0.2) is 13.4 Å². The number of aryl methyl sites for hydroxylation is 1. The average Bonchev–Trinajstić information content (AvgIpc) is 3.14. The molecule has 1 amide bonds. The van der Waals surface area contributed by atoms with E-state index >= 15 is 0 Å². The van der Waals surface area contributed by atoms with Crippen molar-refractivity contribution in [1.82, 2.24) is 4.98 Å². The SMILES string of the molecule is COc1ccc(S(=O)(=O)Nc2nc(-c3ccc4c(c3)N(C)C(=O)CO4)c(C)s2)c(OC)c1. The van der Waals surface area contributed by atoms with Crippen LogP contribution in [0.15, 0.2) is 41.3 Å². The summed E-state index contributed by atoms with van der Waals surface area (Å²) in [6, 6.07) is 9.87. The predicted molar refractivity (Wildman–Crippen MR) is 122 cm³/mol. The van der Waals surface area contributed by atoms with Crippen molar-refractivity contribution in [2.24, 2.45) is 0 Å². The number of benzene rings is 2. The monoisotopic (exact) mass is 475 g/mol. The molecule has 9 nitrogen and oxygen atoms in total. The first-order valence-corrected chi connectivity index (χ1v) is 11.8. The number of amides is 1. The van der Waals surface area contributed by atoms with Gasteiger partial charge in [0, 0.05) is 23.6 Å². The van der Waals surface area contributed by atoms with Gasteiger partial charge in [-0.1, -0.05) is 0 Å². The first kappa shape index (κ1) is 21.9. The summed E-state index contributed by atoms with van der Waals surface area (Å²) >= 11 is 1.21. The summed E-state index contributed by atoms with van der Waals surface area (Å²) in [5, 5.41) is 0.216. The molecule has 1 aliphatic rings. The van der Waals surface area contributed by atoms with E-state index in [2.05, 4.69) is 9.71 Å². The third-order valence-electron chi connectivity index (χ3n) is 5.00. The molecule has 168 valence electrons. The fourth-order valence-corrected chi connectivity index (χ4v) is 5.52. The molecule has 32 heavy (non-hydrogen) atoms. The molecule has 0 atom stereocenters. The van der Waals surface area contributed by atoms with Gasteiger partial charge in [-0.2, -0.15) is 0 Å². The second-order valence-electron chi connectivity index (χ2n) is 6.97. The Morgan fingerprint density at radius 1 is 1.16 bits per heavy atom. The number of aromatic nitrogens is 1. The van der Waals surface area contributed by atoms with Gasteiger partial charge >= 0.3 is 0 Å². The van der Waals surface area contributed by atoms with E-state index in [9.17, 15) is 13.2 Å². The van der Waals surface area contributed by atoms with Crippen molar-refractivity contribution in [1.29, 1.82) is 0 Å².